The Balaban J connectivity index is 1.67. The molecule has 3 rings (SSSR count). The van der Waals surface area contributed by atoms with E-state index in [2.05, 4.69) is 5.32 Å². The molecule has 1 N–H and O–H groups in total. The third kappa shape index (κ3) is 5.77. The number of ether oxygens (including phenoxy) is 1. The molecule has 0 aliphatic rings. The van der Waals surface area contributed by atoms with Crippen LogP contribution in [0.25, 0.3) is 0 Å². The number of benzene rings is 3. The van der Waals surface area contributed by atoms with Crippen molar-refractivity contribution in [1.82, 2.24) is 5.32 Å². The fourth-order valence-corrected chi connectivity index (χ4v) is 2.95. The zero-order valence-electron chi connectivity index (χ0n) is 16.6. The lowest BCUT2D eigenvalue weighted by atomic mass is 9.98. The van der Waals surface area contributed by atoms with E-state index in [9.17, 15) is 18.8 Å². The third-order valence-electron chi connectivity index (χ3n) is 4.53. The fourth-order valence-electron chi connectivity index (χ4n) is 2.83. The molecule has 31 heavy (non-hydrogen) atoms. The van der Waals surface area contributed by atoms with Crippen LogP contribution < -0.4 is 5.32 Å². The van der Waals surface area contributed by atoms with Gasteiger partial charge in [-0.1, -0.05) is 41.9 Å². The predicted octanol–water partition coefficient (Wildman–Crippen LogP) is 4.57. The van der Waals surface area contributed by atoms with Gasteiger partial charge in [-0.2, -0.15) is 0 Å². The van der Waals surface area contributed by atoms with Crippen molar-refractivity contribution in [2.24, 2.45) is 0 Å². The molecule has 0 saturated carbocycles. The first-order valence-electron chi connectivity index (χ1n) is 9.47. The summed E-state index contributed by atoms with van der Waals surface area (Å²) in [5.41, 5.74) is 1.29. The molecule has 3 aromatic rings. The zero-order chi connectivity index (χ0) is 22.4. The van der Waals surface area contributed by atoms with Crippen molar-refractivity contribution in [3.8, 4) is 0 Å². The monoisotopic (exact) mass is 439 g/mol. The van der Waals surface area contributed by atoms with Gasteiger partial charge in [-0.25, -0.2) is 9.18 Å². The van der Waals surface area contributed by atoms with Crippen molar-refractivity contribution < 1.29 is 23.5 Å². The van der Waals surface area contributed by atoms with Crippen molar-refractivity contribution in [3.63, 3.8) is 0 Å². The van der Waals surface area contributed by atoms with E-state index in [1.165, 1.54) is 31.2 Å². The largest absolute Gasteiger partial charge is 0.449 e. The lowest BCUT2D eigenvalue weighted by Crippen LogP contribution is -2.35. The van der Waals surface area contributed by atoms with Gasteiger partial charge in [-0.3, -0.25) is 9.59 Å². The van der Waals surface area contributed by atoms with Crippen LogP contribution in [-0.4, -0.2) is 23.8 Å². The summed E-state index contributed by atoms with van der Waals surface area (Å²) in [5, 5.41) is 3.12. The maximum atomic E-state index is 13.0. The topological polar surface area (TPSA) is 72.5 Å². The van der Waals surface area contributed by atoms with Crippen LogP contribution in [0, 0.1) is 5.82 Å². The average Bonchev–Trinajstić information content (AvgIpc) is 2.78. The van der Waals surface area contributed by atoms with Crippen LogP contribution in [0.4, 0.5) is 4.39 Å². The molecule has 0 heterocycles. The Labute approximate surface area is 183 Å². The van der Waals surface area contributed by atoms with Crippen molar-refractivity contribution in [2.75, 3.05) is 0 Å². The lowest BCUT2D eigenvalue weighted by Gasteiger charge is -2.15. The molecule has 158 valence electrons. The minimum atomic E-state index is -1.09. The minimum absolute atomic E-state index is 0.0561. The standard InChI is InChI=1S/C24H19ClFNO4/c1-15(23(29)27-14-16-6-12-19(26)13-7-16)31-24(30)21-5-3-2-4-20(21)22(28)17-8-10-18(25)11-9-17/h2-13,15H,14H2,1H3,(H,27,29). The van der Waals surface area contributed by atoms with E-state index < -0.39 is 18.0 Å². The molecule has 0 spiro atoms. The Morgan fingerprint density at radius 2 is 1.55 bits per heavy atom. The Bertz CT molecular complexity index is 1100. The van der Waals surface area contributed by atoms with Gasteiger partial charge >= 0.3 is 5.97 Å². The third-order valence-corrected chi connectivity index (χ3v) is 4.78. The average molecular weight is 440 g/mol. The van der Waals surface area contributed by atoms with E-state index in [4.69, 9.17) is 16.3 Å². The van der Waals surface area contributed by atoms with Crippen LogP contribution >= 0.6 is 11.6 Å². The summed E-state index contributed by atoms with van der Waals surface area (Å²) in [4.78, 5) is 37.8. The van der Waals surface area contributed by atoms with E-state index in [0.29, 0.717) is 16.1 Å². The second kappa shape index (κ2) is 10.00. The first kappa shape index (κ1) is 22.2. The van der Waals surface area contributed by atoms with Gasteiger partial charge in [0, 0.05) is 22.7 Å². The summed E-state index contributed by atoms with van der Waals surface area (Å²) in [6, 6.07) is 18.2. The second-order valence-corrected chi connectivity index (χ2v) is 7.21. The van der Waals surface area contributed by atoms with E-state index in [0.717, 1.165) is 0 Å². The lowest BCUT2D eigenvalue weighted by molar-refractivity contribution is -0.129. The number of carbonyl (C=O) groups is 3. The molecular formula is C24H19ClFNO4. The molecular weight excluding hydrogens is 421 g/mol. The number of esters is 1. The quantitative estimate of drug-likeness (QED) is 0.432. The van der Waals surface area contributed by atoms with Crippen LogP contribution in [0.2, 0.25) is 5.02 Å². The fraction of sp³-hybridized carbons (Fsp3) is 0.125. The maximum absolute atomic E-state index is 13.0. The minimum Gasteiger partial charge on any atom is -0.449 e. The van der Waals surface area contributed by atoms with Gasteiger partial charge in [0.2, 0.25) is 0 Å². The number of nitrogens with one attached hydrogen (secondary N) is 1. The molecule has 0 aliphatic carbocycles. The maximum Gasteiger partial charge on any atom is 0.339 e. The number of hydrogen-bond acceptors (Lipinski definition) is 4. The molecule has 0 aromatic heterocycles. The van der Waals surface area contributed by atoms with E-state index >= 15 is 0 Å². The molecule has 5 nitrogen and oxygen atoms in total. The highest BCUT2D eigenvalue weighted by Crippen LogP contribution is 2.18. The summed E-state index contributed by atoms with van der Waals surface area (Å²) in [5.74, 6) is -2.04. The summed E-state index contributed by atoms with van der Waals surface area (Å²) in [6.07, 6.45) is -1.09. The normalized spacial score (nSPS) is 11.5. The van der Waals surface area contributed by atoms with Gasteiger partial charge in [0.25, 0.3) is 5.91 Å². The SMILES string of the molecule is CC(OC(=O)c1ccccc1C(=O)c1ccc(Cl)cc1)C(=O)NCc1ccc(F)cc1. The molecule has 7 heteroatoms. The molecule has 1 atom stereocenters. The summed E-state index contributed by atoms with van der Waals surface area (Å²) in [6.45, 7) is 1.59. The van der Waals surface area contributed by atoms with Gasteiger partial charge in [0.1, 0.15) is 5.82 Å². The molecule has 3 aromatic carbocycles. The van der Waals surface area contributed by atoms with Crippen LogP contribution in [0.1, 0.15) is 38.8 Å². The Kier molecular flexibility index (Phi) is 7.15. The zero-order valence-corrected chi connectivity index (χ0v) is 17.4. The predicted molar refractivity (Wildman–Crippen MR) is 114 cm³/mol. The Morgan fingerprint density at radius 1 is 0.935 bits per heavy atom. The van der Waals surface area contributed by atoms with Crippen molar-refractivity contribution in [1.29, 1.82) is 0 Å². The number of hydrogen-bond donors (Lipinski definition) is 1. The van der Waals surface area contributed by atoms with Crippen LogP contribution in [0.3, 0.4) is 0 Å². The Hall–Kier alpha value is -3.51. The van der Waals surface area contributed by atoms with E-state index in [1.807, 2.05) is 0 Å². The number of ketones is 1. The van der Waals surface area contributed by atoms with Crippen LogP contribution in [0.15, 0.2) is 72.8 Å². The number of halogens is 2. The second-order valence-electron chi connectivity index (χ2n) is 6.77. The first-order chi connectivity index (χ1) is 14.8. The highest BCUT2D eigenvalue weighted by molar-refractivity contribution is 6.30. The number of rotatable bonds is 7. The van der Waals surface area contributed by atoms with Gasteiger partial charge in [0.15, 0.2) is 11.9 Å². The molecule has 0 fully saturated rings. The van der Waals surface area contributed by atoms with Crippen LogP contribution in [0.5, 0.6) is 0 Å². The molecule has 0 bridgehead atoms. The molecule has 0 aliphatic heterocycles. The van der Waals surface area contributed by atoms with E-state index in [-0.39, 0.29) is 29.3 Å². The van der Waals surface area contributed by atoms with Gasteiger partial charge in [0.05, 0.1) is 5.56 Å². The Morgan fingerprint density at radius 3 is 2.19 bits per heavy atom. The molecule has 1 unspecified atom stereocenters. The van der Waals surface area contributed by atoms with Gasteiger partial charge in [-0.05, 0) is 55.0 Å². The highest BCUT2D eigenvalue weighted by atomic mass is 35.5. The molecule has 0 radical (unpaired) electrons. The summed E-state index contributed by atoms with van der Waals surface area (Å²) < 4.78 is 18.2. The summed E-state index contributed by atoms with van der Waals surface area (Å²) >= 11 is 5.86. The van der Waals surface area contributed by atoms with E-state index in [1.54, 1.807) is 48.5 Å². The van der Waals surface area contributed by atoms with Gasteiger partial charge < -0.3 is 10.1 Å². The van der Waals surface area contributed by atoms with Crippen molar-refractivity contribution in [2.45, 2.75) is 19.6 Å². The van der Waals surface area contributed by atoms with Crippen LogP contribution in [-0.2, 0) is 16.1 Å². The number of carbonyl (C=O) groups excluding carboxylic acids is 3. The van der Waals surface area contributed by atoms with Crippen molar-refractivity contribution in [3.05, 3.63) is 106 Å². The first-order valence-corrected chi connectivity index (χ1v) is 9.85. The van der Waals surface area contributed by atoms with Gasteiger partial charge in [-0.15, -0.1) is 0 Å². The highest BCUT2D eigenvalue weighted by Gasteiger charge is 2.23. The molecule has 1 amide bonds. The molecule has 0 saturated heterocycles. The van der Waals surface area contributed by atoms with Crippen molar-refractivity contribution >= 4 is 29.3 Å². The number of amides is 1. The summed E-state index contributed by atoms with van der Waals surface area (Å²) in [7, 11) is 0. The smallest absolute Gasteiger partial charge is 0.339 e.